The van der Waals surface area contributed by atoms with Crippen LogP contribution in [-0.4, -0.2) is 87.0 Å². The minimum absolute atomic E-state index is 0.118. The van der Waals surface area contributed by atoms with Gasteiger partial charge in [0.25, 0.3) is 0 Å². The van der Waals surface area contributed by atoms with E-state index in [-0.39, 0.29) is 39.2 Å². The van der Waals surface area contributed by atoms with Gasteiger partial charge in [0, 0.05) is 38.5 Å². The lowest BCUT2D eigenvalue weighted by molar-refractivity contribution is 0.160. The van der Waals surface area contributed by atoms with E-state index in [0.29, 0.717) is 13.2 Å². The summed E-state index contributed by atoms with van der Waals surface area (Å²) in [6.45, 7) is 36.7. The van der Waals surface area contributed by atoms with Crippen LogP contribution in [0.15, 0.2) is 60.8 Å². The number of hydrogen-bond donors (Lipinski definition) is 2. The molecule has 0 saturated carbocycles. The fraction of sp³-hybridized carbons (Fsp3) is 0.620. The van der Waals surface area contributed by atoms with Gasteiger partial charge in [0.15, 0.2) is 28.1 Å². The Morgan fingerprint density at radius 3 is 2.08 bits per heavy atom. The minimum Gasteiger partial charge on any atom is -0.484 e. The number of ether oxygens (including phenoxy) is 1. The second kappa shape index (κ2) is 18.7. The standard InChI is InChI=1S/C50H79N7O4Si2/c1-47(2,3)37-31-36(34-56(27-29-59-62(12,13)48(4,5)6)28-30-60-63(14,15)49(7,8)9)32-38(33-37)51-46(58)52-42-22-23-43(41-20-17-16-19-40(41)42)61-39-21-24-44-53-54-45(57(44)35-39)50(10)25-18-26-55(50)11/h16-17,19-21,24,31-33,35,42-43H,18,22-23,25-30,34H2,1-15H3,(H2,51,52,58)/t42-,43+,50?/m0/s1. The Bertz CT molecular complexity index is 2170. The molecule has 2 N–H and O–H groups in total. The number of urea groups is 1. The Kier molecular flexibility index (Phi) is 14.5. The van der Waals surface area contributed by atoms with Gasteiger partial charge in [0.05, 0.1) is 17.8 Å². The largest absolute Gasteiger partial charge is 0.484 e. The number of pyridine rings is 1. The molecule has 1 aliphatic carbocycles. The maximum atomic E-state index is 14.0. The van der Waals surface area contributed by atoms with Gasteiger partial charge in [0.2, 0.25) is 0 Å². The van der Waals surface area contributed by atoms with Crippen LogP contribution >= 0.6 is 0 Å². The Morgan fingerprint density at radius 1 is 0.857 bits per heavy atom. The van der Waals surface area contributed by atoms with Crippen molar-refractivity contribution in [1.82, 2.24) is 29.7 Å². The molecule has 63 heavy (non-hydrogen) atoms. The number of nitrogens with zero attached hydrogens (tertiary/aromatic N) is 5. The highest BCUT2D eigenvalue weighted by molar-refractivity contribution is 6.74. The summed E-state index contributed by atoms with van der Waals surface area (Å²) in [6, 6.07) is 18.5. The molecule has 3 atom stereocenters. The van der Waals surface area contributed by atoms with Gasteiger partial charge in [-0.15, -0.1) is 10.2 Å². The molecule has 13 heteroatoms. The van der Waals surface area contributed by atoms with Crippen molar-refractivity contribution in [2.45, 2.75) is 161 Å². The molecule has 6 rings (SSSR count). The van der Waals surface area contributed by atoms with E-state index in [1.54, 1.807) is 0 Å². The normalized spacial score (nSPS) is 20.3. The lowest BCUT2D eigenvalue weighted by Gasteiger charge is -2.38. The number of rotatable bonds is 15. The summed E-state index contributed by atoms with van der Waals surface area (Å²) in [7, 11) is -1.66. The van der Waals surface area contributed by atoms with E-state index in [2.05, 4.69) is 174 Å². The zero-order valence-electron chi connectivity index (χ0n) is 41.4. The number of aromatic nitrogens is 3. The molecule has 4 aromatic rings. The lowest BCUT2D eigenvalue weighted by Crippen LogP contribution is -2.44. The van der Waals surface area contributed by atoms with Crippen molar-refractivity contribution in [3.63, 3.8) is 0 Å². The first-order valence-electron chi connectivity index (χ1n) is 23.3. The average molecular weight is 898 g/mol. The van der Waals surface area contributed by atoms with Gasteiger partial charge in [-0.1, -0.05) is 92.6 Å². The molecular weight excluding hydrogens is 819 g/mol. The van der Waals surface area contributed by atoms with E-state index in [1.165, 1.54) is 5.56 Å². The molecule has 1 aliphatic heterocycles. The van der Waals surface area contributed by atoms with Crippen molar-refractivity contribution < 1.29 is 18.4 Å². The molecule has 2 aliphatic rings. The smallest absolute Gasteiger partial charge is 0.319 e. The summed E-state index contributed by atoms with van der Waals surface area (Å²) in [4.78, 5) is 18.8. The van der Waals surface area contributed by atoms with Gasteiger partial charge in [-0.3, -0.25) is 14.2 Å². The van der Waals surface area contributed by atoms with Crippen LogP contribution in [0, 0.1) is 0 Å². The van der Waals surface area contributed by atoms with Crippen LogP contribution < -0.4 is 15.4 Å². The van der Waals surface area contributed by atoms with Gasteiger partial charge in [-0.05, 0) is 134 Å². The fourth-order valence-electron chi connectivity index (χ4n) is 8.31. The molecule has 0 radical (unpaired) electrons. The zero-order chi connectivity index (χ0) is 46.2. The van der Waals surface area contributed by atoms with Crippen molar-refractivity contribution in [2.24, 2.45) is 0 Å². The lowest BCUT2D eigenvalue weighted by atomic mass is 9.85. The van der Waals surface area contributed by atoms with E-state index in [9.17, 15) is 4.79 Å². The summed E-state index contributed by atoms with van der Waals surface area (Å²) in [5.74, 6) is 1.72. The summed E-state index contributed by atoms with van der Waals surface area (Å²) >= 11 is 0. The quantitative estimate of drug-likeness (QED) is 0.114. The third-order valence-electron chi connectivity index (χ3n) is 14.8. The Morgan fingerprint density at radius 2 is 1.49 bits per heavy atom. The van der Waals surface area contributed by atoms with Crippen LogP contribution in [0.1, 0.15) is 135 Å². The first-order chi connectivity index (χ1) is 29.3. The average Bonchev–Trinajstić information content (AvgIpc) is 3.76. The number of carbonyl (C=O) groups excluding carboxylic acids is 1. The number of benzene rings is 2. The van der Waals surface area contributed by atoms with Crippen LogP contribution in [0.2, 0.25) is 36.3 Å². The highest BCUT2D eigenvalue weighted by Crippen LogP contribution is 2.41. The first kappa shape index (κ1) is 48.9. The number of likely N-dealkylation sites (tertiary alicyclic amines) is 1. The van der Waals surface area contributed by atoms with Crippen molar-refractivity contribution in [1.29, 1.82) is 0 Å². The van der Waals surface area contributed by atoms with Gasteiger partial charge in [-0.25, -0.2) is 4.79 Å². The van der Waals surface area contributed by atoms with E-state index in [4.69, 9.17) is 13.6 Å². The monoisotopic (exact) mass is 898 g/mol. The third-order valence-corrected chi connectivity index (χ3v) is 23.8. The molecule has 2 aromatic carbocycles. The highest BCUT2D eigenvalue weighted by Gasteiger charge is 2.41. The Hall–Kier alpha value is -3.60. The van der Waals surface area contributed by atoms with Crippen LogP contribution in [-0.2, 0) is 26.4 Å². The predicted molar refractivity (Wildman–Crippen MR) is 263 cm³/mol. The summed E-state index contributed by atoms with van der Waals surface area (Å²) in [5, 5.41) is 16.0. The van der Waals surface area contributed by atoms with Crippen molar-refractivity contribution in [3.8, 4) is 5.75 Å². The van der Waals surface area contributed by atoms with E-state index >= 15 is 0 Å². The van der Waals surface area contributed by atoms with E-state index < -0.39 is 16.6 Å². The summed E-state index contributed by atoms with van der Waals surface area (Å²) in [5.41, 5.74) is 5.81. The van der Waals surface area contributed by atoms with Gasteiger partial charge in [-0.2, -0.15) is 0 Å². The fourth-order valence-corrected chi connectivity index (χ4v) is 10.4. The second-order valence-corrected chi connectivity index (χ2v) is 32.2. The number of nitrogens with one attached hydrogen (secondary N) is 2. The summed E-state index contributed by atoms with van der Waals surface area (Å²) < 4.78 is 22.2. The molecule has 346 valence electrons. The number of hydrogen-bond acceptors (Lipinski definition) is 8. The second-order valence-electron chi connectivity index (χ2n) is 22.5. The Labute approximate surface area is 381 Å². The van der Waals surface area contributed by atoms with Crippen molar-refractivity contribution >= 4 is 34.0 Å². The molecule has 0 bridgehead atoms. The van der Waals surface area contributed by atoms with Gasteiger partial charge in [0.1, 0.15) is 11.9 Å². The zero-order valence-corrected chi connectivity index (χ0v) is 43.4. The molecule has 3 heterocycles. The van der Waals surface area contributed by atoms with E-state index in [0.717, 1.165) is 91.5 Å². The number of anilines is 1. The van der Waals surface area contributed by atoms with Gasteiger partial charge < -0.3 is 24.2 Å². The maximum absolute atomic E-state index is 14.0. The van der Waals surface area contributed by atoms with Crippen LogP contribution in [0.25, 0.3) is 5.65 Å². The predicted octanol–water partition coefficient (Wildman–Crippen LogP) is 11.6. The Balaban J connectivity index is 1.16. The minimum atomic E-state index is -1.91. The number of carbonyl (C=O) groups is 1. The van der Waals surface area contributed by atoms with E-state index in [1.807, 2.05) is 24.4 Å². The summed E-state index contributed by atoms with van der Waals surface area (Å²) in [6.07, 6.45) is 5.56. The molecule has 1 unspecified atom stereocenters. The van der Waals surface area contributed by atoms with Crippen LogP contribution in [0.4, 0.5) is 10.5 Å². The molecule has 2 aromatic heterocycles. The van der Waals surface area contributed by atoms with Crippen LogP contribution in [0.5, 0.6) is 5.75 Å². The third kappa shape index (κ3) is 11.4. The molecule has 11 nitrogen and oxygen atoms in total. The molecule has 1 saturated heterocycles. The maximum Gasteiger partial charge on any atom is 0.319 e. The molecule has 1 fully saturated rings. The van der Waals surface area contributed by atoms with Crippen molar-refractivity contribution in [2.75, 3.05) is 45.2 Å². The SMILES string of the molecule is CN1CCCC1(C)c1nnc2ccc(O[C@@H]3CC[C@H](NC(=O)Nc4cc(CN(CCO[Si](C)(C)C(C)(C)C)CCO[Si](C)(C)C(C)(C)C)cc(C(C)(C)C)c4)c4ccccc43)cn12. The van der Waals surface area contributed by atoms with Gasteiger partial charge >= 0.3 is 6.03 Å². The van der Waals surface area contributed by atoms with Crippen molar-refractivity contribution in [3.05, 3.63) is 88.9 Å². The number of amides is 2. The highest BCUT2D eigenvalue weighted by atomic mass is 28.4. The molecular formula is C50H79N7O4Si2. The topological polar surface area (TPSA) is 105 Å². The number of fused-ring (bicyclic) bond motifs is 2. The molecule has 2 amide bonds. The van der Waals surface area contributed by atoms with Crippen LogP contribution in [0.3, 0.4) is 0 Å². The first-order valence-corrected chi connectivity index (χ1v) is 29.1. The molecule has 0 spiro atoms.